The van der Waals surface area contributed by atoms with Crippen molar-refractivity contribution in [3.05, 3.63) is 58.3 Å². The third-order valence-corrected chi connectivity index (χ3v) is 5.31. The molecule has 7 heteroatoms. The van der Waals surface area contributed by atoms with Crippen LogP contribution in [0, 0.1) is 0 Å². The smallest absolute Gasteiger partial charge is 0.336 e. The van der Waals surface area contributed by atoms with Crippen LogP contribution in [0.2, 0.25) is 0 Å². The van der Waals surface area contributed by atoms with E-state index in [4.69, 9.17) is 5.11 Å². The Bertz CT molecular complexity index is 760. The molecule has 0 bridgehead atoms. The number of rotatable bonds is 5. The molecular formula is C14H12BrNO4S. The van der Waals surface area contributed by atoms with Gasteiger partial charge in [0, 0.05) is 16.9 Å². The largest absolute Gasteiger partial charge is 0.478 e. The molecular weight excluding hydrogens is 358 g/mol. The topological polar surface area (TPSA) is 84.3 Å². The van der Waals surface area contributed by atoms with Crippen molar-refractivity contribution < 1.29 is 18.3 Å². The molecule has 0 saturated carbocycles. The van der Waals surface area contributed by atoms with Gasteiger partial charge >= 0.3 is 5.97 Å². The van der Waals surface area contributed by atoms with Crippen LogP contribution in [-0.4, -0.2) is 30.2 Å². The highest BCUT2D eigenvalue weighted by Gasteiger charge is 2.18. The first-order valence-corrected chi connectivity index (χ1v) is 8.49. The Hall–Kier alpha value is -1.73. The van der Waals surface area contributed by atoms with Crippen molar-refractivity contribution in [2.45, 2.75) is 11.3 Å². The minimum atomic E-state index is -3.54. The van der Waals surface area contributed by atoms with Gasteiger partial charge in [-0.2, -0.15) is 0 Å². The predicted octanol–water partition coefficient (Wildman–Crippen LogP) is 2.56. The molecule has 0 fully saturated rings. The fraction of sp³-hybridized carbons (Fsp3) is 0.143. The molecule has 110 valence electrons. The predicted molar refractivity (Wildman–Crippen MR) is 81.1 cm³/mol. The van der Waals surface area contributed by atoms with E-state index in [-0.39, 0.29) is 16.2 Å². The lowest BCUT2D eigenvalue weighted by molar-refractivity contribution is 0.0695. The quantitative estimate of drug-likeness (QED) is 0.875. The van der Waals surface area contributed by atoms with Crippen molar-refractivity contribution >= 4 is 31.7 Å². The number of hydrogen-bond acceptors (Lipinski definition) is 4. The first kappa shape index (κ1) is 15.7. The lowest BCUT2D eigenvalue weighted by atomic mass is 10.2. The summed E-state index contributed by atoms with van der Waals surface area (Å²) in [5, 5.41) is 9.03. The summed E-state index contributed by atoms with van der Waals surface area (Å²) >= 11 is 3.09. The van der Waals surface area contributed by atoms with E-state index in [0.29, 0.717) is 10.9 Å². The van der Waals surface area contributed by atoms with Crippen molar-refractivity contribution in [1.29, 1.82) is 0 Å². The first-order chi connectivity index (χ1) is 9.90. The number of aryl methyl sites for hydroxylation is 1. The van der Waals surface area contributed by atoms with Gasteiger partial charge in [-0.05, 0) is 52.2 Å². The summed E-state index contributed by atoms with van der Waals surface area (Å²) in [7, 11) is -3.54. The number of sulfone groups is 1. The molecule has 0 saturated heterocycles. The van der Waals surface area contributed by atoms with Gasteiger partial charge in [-0.15, -0.1) is 0 Å². The molecule has 0 aliphatic rings. The summed E-state index contributed by atoms with van der Waals surface area (Å²) in [6.45, 7) is 0. The standard InChI is InChI=1S/C14H12BrNO4S/c15-13-4-3-11(8-12(13)14(17)18)21(19,20)7-5-10-2-1-6-16-9-10/h1-4,6,8-9H,5,7H2,(H,17,18). The van der Waals surface area contributed by atoms with Crippen molar-refractivity contribution in [3.8, 4) is 0 Å². The number of carboxylic acid groups (broad SMARTS) is 1. The van der Waals surface area contributed by atoms with Crippen LogP contribution < -0.4 is 0 Å². The summed E-state index contributed by atoms with van der Waals surface area (Å²) in [4.78, 5) is 15.0. The fourth-order valence-electron chi connectivity index (χ4n) is 1.78. The zero-order valence-electron chi connectivity index (χ0n) is 10.9. The van der Waals surface area contributed by atoms with Crippen molar-refractivity contribution in [2.75, 3.05) is 5.75 Å². The Morgan fingerprint density at radius 1 is 1.29 bits per heavy atom. The number of pyridine rings is 1. The van der Waals surface area contributed by atoms with E-state index in [2.05, 4.69) is 20.9 Å². The third-order valence-electron chi connectivity index (χ3n) is 2.91. The fourth-order valence-corrected chi connectivity index (χ4v) is 3.51. The molecule has 1 heterocycles. The van der Waals surface area contributed by atoms with Gasteiger partial charge < -0.3 is 5.11 Å². The molecule has 0 spiro atoms. The van der Waals surface area contributed by atoms with Gasteiger partial charge in [-0.25, -0.2) is 13.2 Å². The molecule has 0 atom stereocenters. The van der Waals surface area contributed by atoms with Gasteiger partial charge in [-0.1, -0.05) is 6.07 Å². The average molecular weight is 370 g/mol. The van der Waals surface area contributed by atoms with E-state index >= 15 is 0 Å². The molecule has 0 amide bonds. The normalized spacial score (nSPS) is 11.3. The highest BCUT2D eigenvalue weighted by atomic mass is 79.9. The van der Waals surface area contributed by atoms with Crippen LogP contribution in [0.1, 0.15) is 15.9 Å². The van der Waals surface area contributed by atoms with Crippen LogP contribution in [0.15, 0.2) is 52.1 Å². The van der Waals surface area contributed by atoms with Crippen LogP contribution in [-0.2, 0) is 16.3 Å². The van der Waals surface area contributed by atoms with E-state index in [9.17, 15) is 13.2 Å². The van der Waals surface area contributed by atoms with Gasteiger partial charge in [0.1, 0.15) is 0 Å². The summed E-state index contributed by atoms with van der Waals surface area (Å²) in [6, 6.07) is 7.54. The van der Waals surface area contributed by atoms with Crippen LogP contribution >= 0.6 is 15.9 Å². The SMILES string of the molecule is O=C(O)c1cc(S(=O)(=O)CCc2cccnc2)ccc1Br. The maximum atomic E-state index is 12.3. The van der Waals surface area contributed by atoms with Crippen LogP contribution in [0.25, 0.3) is 0 Å². The van der Waals surface area contributed by atoms with E-state index < -0.39 is 15.8 Å². The maximum absolute atomic E-state index is 12.3. The Morgan fingerprint density at radius 2 is 2.05 bits per heavy atom. The minimum absolute atomic E-state index is 0.00647. The van der Waals surface area contributed by atoms with E-state index in [1.54, 1.807) is 24.5 Å². The second-order valence-corrected chi connectivity index (χ2v) is 7.34. The lowest BCUT2D eigenvalue weighted by Gasteiger charge is -2.07. The molecule has 1 aromatic heterocycles. The molecule has 0 aliphatic carbocycles. The van der Waals surface area contributed by atoms with Gasteiger partial charge in [0.2, 0.25) is 0 Å². The summed E-state index contributed by atoms with van der Waals surface area (Å²) in [6.07, 6.45) is 3.56. The highest BCUT2D eigenvalue weighted by Crippen LogP contribution is 2.22. The van der Waals surface area contributed by atoms with E-state index in [0.717, 1.165) is 5.56 Å². The Kier molecular flexibility index (Phi) is 4.74. The van der Waals surface area contributed by atoms with Crippen molar-refractivity contribution in [2.24, 2.45) is 0 Å². The number of nitrogens with zero attached hydrogens (tertiary/aromatic N) is 1. The second kappa shape index (κ2) is 6.36. The average Bonchev–Trinajstić information content (AvgIpc) is 2.46. The molecule has 2 rings (SSSR count). The van der Waals surface area contributed by atoms with E-state index in [1.807, 2.05) is 0 Å². The molecule has 0 radical (unpaired) electrons. The Balaban J connectivity index is 2.24. The molecule has 0 unspecified atom stereocenters. The monoisotopic (exact) mass is 369 g/mol. The summed E-state index contributed by atoms with van der Waals surface area (Å²) in [5.74, 6) is -1.27. The summed E-state index contributed by atoms with van der Waals surface area (Å²) in [5.41, 5.74) is 0.745. The van der Waals surface area contributed by atoms with Crippen LogP contribution in [0.4, 0.5) is 0 Å². The zero-order valence-corrected chi connectivity index (χ0v) is 13.3. The Labute approximate surface area is 130 Å². The van der Waals surface area contributed by atoms with Crippen LogP contribution in [0.3, 0.4) is 0 Å². The van der Waals surface area contributed by atoms with Gasteiger partial charge in [-0.3, -0.25) is 4.98 Å². The molecule has 1 N–H and O–H groups in total. The number of carbonyl (C=O) groups is 1. The van der Waals surface area contributed by atoms with Gasteiger partial charge in [0.25, 0.3) is 0 Å². The molecule has 1 aromatic carbocycles. The zero-order chi connectivity index (χ0) is 15.5. The van der Waals surface area contributed by atoms with Crippen molar-refractivity contribution in [1.82, 2.24) is 4.98 Å². The second-order valence-electron chi connectivity index (χ2n) is 4.38. The first-order valence-electron chi connectivity index (χ1n) is 6.04. The molecule has 0 aliphatic heterocycles. The number of hydrogen-bond donors (Lipinski definition) is 1. The molecule has 5 nitrogen and oxygen atoms in total. The number of halogens is 1. The van der Waals surface area contributed by atoms with Crippen LogP contribution in [0.5, 0.6) is 0 Å². The van der Waals surface area contributed by atoms with Gasteiger partial charge in [0.15, 0.2) is 9.84 Å². The van der Waals surface area contributed by atoms with E-state index in [1.165, 1.54) is 18.2 Å². The number of aromatic carboxylic acids is 1. The minimum Gasteiger partial charge on any atom is -0.478 e. The molecule has 2 aromatic rings. The highest BCUT2D eigenvalue weighted by molar-refractivity contribution is 9.10. The number of carboxylic acids is 1. The summed E-state index contributed by atoms with van der Waals surface area (Å²) < 4.78 is 24.9. The number of aromatic nitrogens is 1. The Morgan fingerprint density at radius 3 is 2.67 bits per heavy atom. The lowest BCUT2D eigenvalue weighted by Crippen LogP contribution is -2.11. The number of benzene rings is 1. The van der Waals surface area contributed by atoms with Gasteiger partial charge in [0.05, 0.1) is 16.2 Å². The van der Waals surface area contributed by atoms with Crippen molar-refractivity contribution in [3.63, 3.8) is 0 Å². The third kappa shape index (κ3) is 3.89. The maximum Gasteiger partial charge on any atom is 0.336 e. The molecule has 21 heavy (non-hydrogen) atoms.